The first-order valence-corrected chi connectivity index (χ1v) is 6.95. The van der Waals surface area contributed by atoms with Crippen LogP contribution < -0.4 is 0 Å². The normalized spacial score (nSPS) is 29.2. The fourth-order valence-corrected chi connectivity index (χ4v) is 3.74. The van der Waals surface area contributed by atoms with Crippen LogP contribution in [0.1, 0.15) is 42.8 Å². The molecule has 0 bridgehead atoms. The number of ether oxygens (including phenoxy) is 1. The molecular formula is C16H20O3. The Morgan fingerprint density at radius 3 is 2.89 bits per heavy atom. The maximum Gasteiger partial charge on any atom is 0.309 e. The standard InChI is InChI=1S/C16H20O3/c1-9-4-5-11-8-10(2)19-15(11)14-12(9)6-7-13(14)16(17)18-3/h4,8,12-14H,5-7H2,1-3H3/t12-,13-,14-/m0/s1. The molecule has 2 aliphatic carbocycles. The Hall–Kier alpha value is -1.51. The quantitative estimate of drug-likeness (QED) is 0.574. The number of hydrogen-bond acceptors (Lipinski definition) is 3. The van der Waals surface area contributed by atoms with Crippen molar-refractivity contribution in [3.63, 3.8) is 0 Å². The zero-order valence-corrected chi connectivity index (χ0v) is 11.7. The highest BCUT2D eigenvalue weighted by atomic mass is 16.5. The van der Waals surface area contributed by atoms with Crippen LogP contribution in [-0.2, 0) is 16.0 Å². The Morgan fingerprint density at radius 2 is 2.16 bits per heavy atom. The van der Waals surface area contributed by atoms with Crippen LogP contribution in [0.5, 0.6) is 0 Å². The zero-order valence-electron chi connectivity index (χ0n) is 11.7. The topological polar surface area (TPSA) is 39.4 Å². The van der Waals surface area contributed by atoms with E-state index in [0.29, 0.717) is 5.92 Å². The summed E-state index contributed by atoms with van der Waals surface area (Å²) in [6, 6.07) is 2.11. The lowest BCUT2D eigenvalue weighted by Crippen LogP contribution is -2.22. The molecule has 3 rings (SSSR count). The van der Waals surface area contributed by atoms with Crippen molar-refractivity contribution in [2.45, 2.75) is 39.0 Å². The van der Waals surface area contributed by atoms with E-state index in [4.69, 9.17) is 9.15 Å². The Kier molecular flexibility index (Phi) is 3.00. The number of aryl methyl sites for hydroxylation is 1. The third-order valence-electron chi connectivity index (χ3n) is 4.66. The van der Waals surface area contributed by atoms with Gasteiger partial charge in [-0.15, -0.1) is 0 Å². The number of carbonyl (C=O) groups excluding carboxylic acids is 1. The average molecular weight is 260 g/mol. The molecule has 0 aromatic carbocycles. The molecule has 3 atom stereocenters. The maximum atomic E-state index is 12.0. The lowest BCUT2D eigenvalue weighted by atomic mass is 9.83. The number of allylic oxidation sites excluding steroid dienone is 2. The van der Waals surface area contributed by atoms with Gasteiger partial charge in [-0.1, -0.05) is 11.6 Å². The Labute approximate surface area is 113 Å². The number of carbonyl (C=O) groups is 1. The first kappa shape index (κ1) is 12.5. The molecular weight excluding hydrogens is 240 g/mol. The molecule has 3 nitrogen and oxygen atoms in total. The summed E-state index contributed by atoms with van der Waals surface area (Å²) < 4.78 is 10.9. The van der Waals surface area contributed by atoms with Crippen molar-refractivity contribution in [1.29, 1.82) is 0 Å². The highest BCUT2D eigenvalue weighted by Gasteiger charge is 2.45. The van der Waals surface area contributed by atoms with Gasteiger partial charge in [0.15, 0.2) is 0 Å². The second-order valence-corrected chi connectivity index (χ2v) is 5.74. The molecule has 0 aliphatic heterocycles. The number of hydrogen-bond donors (Lipinski definition) is 0. The largest absolute Gasteiger partial charge is 0.469 e. The minimum Gasteiger partial charge on any atom is -0.469 e. The average Bonchev–Trinajstić information content (AvgIpc) is 2.95. The monoisotopic (exact) mass is 260 g/mol. The van der Waals surface area contributed by atoms with E-state index in [2.05, 4.69) is 19.1 Å². The molecule has 19 heavy (non-hydrogen) atoms. The minimum atomic E-state index is -0.0952. The molecule has 0 N–H and O–H groups in total. The van der Waals surface area contributed by atoms with Gasteiger partial charge in [0.1, 0.15) is 11.5 Å². The van der Waals surface area contributed by atoms with Crippen LogP contribution in [0.3, 0.4) is 0 Å². The van der Waals surface area contributed by atoms with Crippen molar-refractivity contribution >= 4 is 5.97 Å². The van der Waals surface area contributed by atoms with E-state index in [0.717, 1.165) is 30.8 Å². The molecule has 2 aliphatic rings. The van der Waals surface area contributed by atoms with Crippen molar-refractivity contribution in [1.82, 2.24) is 0 Å². The summed E-state index contributed by atoms with van der Waals surface area (Å²) in [6.45, 7) is 4.15. The molecule has 1 aromatic heterocycles. The molecule has 1 saturated carbocycles. The van der Waals surface area contributed by atoms with E-state index < -0.39 is 0 Å². The predicted molar refractivity (Wildman–Crippen MR) is 71.9 cm³/mol. The summed E-state index contributed by atoms with van der Waals surface area (Å²) in [7, 11) is 1.48. The fourth-order valence-electron chi connectivity index (χ4n) is 3.74. The lowest BCUT2D eigenvalue weighted by molar-refractivity contribution is -0.146. The minimum absolute atomic E-state index is 0.0549. The highest BCUT2D eigenvalue weighted by Crippen LogP contribution is 2.50. The highest BCUT2D eigenvalue weighted by molar-refractivity contribution is 5.74. The predicted octanol–water partition coefficient (Wildman–Crippen LogP) is 3.37. The molecule has 0 unspecified atom stereocenters. The van der Waals surface area contributed by atoms with E-state index in [9.17, 15) is 4.79 Å². The summed E-state index contributed by atoms with van der Waals surface area (Å²) in [6.07, 6.45) is 5.15. The summed E-state index contributed by atoms with van der Waals surface area (Å²) in [5.41, 5.74) is 2.63. The molecule has 1 fully saturated rings. The molecule has 1 aromatic rings. The number of furan rings is 1. The second-order valence-electron chi connectivity index (χ2n) is 5.74. The van der Waals surface area contributed by atoms with Crippen LogP contribution in [0.2, 0.25) is 0 Å². The molecule has 102 valence electrons. The smallest absolute Gasteiger partial charge is 0.309 e. The van der Waals surface area contributed by atoms with Gasteiger partial charge in [-0.2, -0.15) is 0 Å². The van der Waals surface area contributed by atoms with Gasteiger partial charge in [0, 0.05) is 5.92 Å². The van der Waals surface area contributed by atoms with Crippen LogP contribution in [0.25, 0.3) is 0 Å². The number of rotatable bonds is 1. The summed E-state index contributed by atoms with van der Waals surface area (Å²) in [5, 5.41) is 0. The van der Waals surface area contributed by atoms with Crippen molar-refractivity contribution in [2.24, 2.45) is 11.8 Å². The second kappa shape index (κ2) is 4.55. The fraction of sp³-hybridized carbons (Fsp3) is 0.562. The van der Waals surface area contributed by atoms with Gasteiger partial charge in [-0.3, -0.25) is 4.79 Å². The number of methoxy groups -OCH3 is 1. The van der Waals surface area contributed by atoms with Crippen molar-refractivity contribution in [3.05, 3.63) is 34.8 Å². The van der Waals surface area contributed by atoms with E-state index in [-0.39, 0.29) is 17.8 Å². The van der Waals surface area contributed by atoms with E-state index >= 15 is 0 Å². The van der Waals surface area contributed by atoms with E-state index in [1.54, 1.807) is 0 Å². The molecule has 3 heteroatoms. The van der Waals surface area contributed by atoms with Gasteiger partial charge in [0.2, 0.25) is 0 Å². The number of fused-ring (bicyclic) bond motifs is 3. The maximum absolute atomic E-state index is 12.0. The third kappa shape index (κ3) is 1.92. The third-order valence-corrected chi connectivity index (χ3v) is 4.66. The molecule has 0 saturated heterocycles. The molecule has 0 radical (unpaired) electrons. The first-order chi connectivity index (χ1) is 9.11. The lowest BCUT2D eigenvalue weighted by Gasteiger charge is -2.21. The van der Waals surface area contributed by atoms with Gasteiger partial charge in [0.25, 0.3) is 0 Å². The molecule has 0 spiro atoms. The molecule has 1 heterocycles. The van der Waals surface area contributed by atoms with Gasteiger partial charge in [-0.25, -0.2) is 0 Å². The van der Waals surface area contributed by atoms with Gasteiger partial charge >= 0.3 is 5.97 Å². The molecule has 0 amide bonds. The van der Waals surface area contributed by atoms with Crippen LogP contribution in [0.4, 0.5) is 0 Å². The van der Waals surface area contributed by atoms with Crippen molar-refractivity contribution in [2.75, 3.05) is 7.11 Å². The van der Waals surface area contributed by atoms with Crippen LogP contribution in [-0.4, -0.2) is 13.1 Å². The Morgan fingerprint density at radius 1 is 1.37 bits per heavy atom. The number of esters is 1. The Balaban J connectivity index is 2.07. The first-order valence-electron chi connectivity index (χ1n) is 6.95. The van der Waals surface area contributed by atoms with Gasteiger partial charge in [0.05, 0.1) is 13.0 Å². The van der Waals surface area contributed by atoms with E-state index in [1.807, 2.05) is 6.92 Å². The van der Waals surface area contributed by atoms with Gasteiger partial charge < -0.3 is 9.15 Å². The van der Waals surface area contributed by atoms with Crippen LogP contribution >= 0.6 is 0 Å². The summed E-state index contributed by atoms with van der Waals surface area (Å²) in [5.74, 6) is 2.39. The zero-order chi connectivity index (χ0) is 13.6. The van der Waals surface area contributed by atoms with Crippen LogP contribution in [0.15, 0.2) is 22.1 Å². The van der Waals surface area contributed by atoms with Gasteiger partial charge in [-0.05, 0) is 50.7 Å². The van der Waals surface area contributed by atoms with Crippen LogP contribution in [0, 0.1) is 18.8 Å². The SMILES string of the molecule is COC(=O)[C@H]1CC[C@H]2C(C)=CCc3cc(C)oc3[C@H]12. The van der Waals surface area contributed by atoms with Crippen molar-refractivity contribution < 1.29 is 13.9 Å². The Bertz CT molecular complexity index is 538. The van der Waals surface area contributed by atoms with E-state index in [1.165, 1.54) is 18.2 Å². The van der Waals surface area contributed by atoms with Crippen molar-refractivity contribution in [3.8, 4) is 0 Å². The summed E-state index contributed by atoms with van der Waals surface area (Å²) in [4.78, 5) is 12.0. The summed E-state index contributed by atoms with van der Waals surface area (Å²) >= 11 is 0.